The molecule has 0 aromatic heterocycles. The van der Waals surface area contributed by atoms with E-state index in [0.717, 1.165) is 0 Å². The smallest absolute Gasteiger partial charge is 0.237 e. The number of primary amides is 1. The Morgan fingerprint density at radius 3 is 2.47 bits per heavy atom. The second kappa shape index (κ2) is 10.1. The first kappa shape index (κ1) is 18.3. The van der Waals surface area contributed by atoms with Crippen molar-refractivity contribution in [3.8, 4) is 0 Å². The van der Waals surface area contributed by atoms with Crippen LogP contribution in [0.5, 0.6) is 0 Å². The Balaban J connectivity index is 3.87. The van der Waals surface area contributed by atoms with Gasteiger partial charge in [-0.1, -0.05) is 6.92 Å². The number of carbonyl (C=O) groups is 1. The third kappa shape index (κ3) is 8.15. The van der Waals surface area contributed by atoms with Crippen molar-refractivity contribution in [2.24, 2.45) is 5.73 Å². The molecule has 0 aliphatic carbocycles. The average molecular weight is 276 g/mol. The van der Waals surface area contributed by atoms with Gasteiger partial charge in [0.25, 0.3) is 0 Å². The molecule has 2 unspecified atom stereocenters. The summed E-state index contributed by atoms with van der Waals surface area (Å²) in [5.41, 5.74) is 4.69. The number of nitrogens with one attached hydrogen (secondary N) is 1. The number of methoxy groups -OCH3 is 1. The maximum absolute atomic E-state index is 11.5. The molecule has 0 aromatic rings. The average Bonchev–Trinajstić information content (AvgIpc) is 2.33. The Kier molecular flexibility index (Phi) is 9.77. The van der Waals surface area contributed by atoms with Gasteiger partial charge >= 0.3 is 0 Å². The van der Waals surface area contributed by atoms with E-state index in [0.29, 0.717) is 39.4 Å². The van der Waals surface area contributed by atoms with E-state index in [-0.39, 0.29) is 12.0 Å². The first-order chi connectivity index (χ1) is 8.96. The van der Waals surface area contributed by atoms with E-state index in [4.69, 9.17) is 19.9 Å². The molecule has 3 N–H and O–H groups in total. The maximum Gasteiger partial charge on any atom is 0.237 e. The zero-order valence-corrected chi connectivity index (χ0v) is 12.5. The van der Waals surface area contributed by atoms with Gasteiger partial charge in [0.2, 0.25) is 5.91 Å². The van der Waals surface area contributed by atoms with Gasteiger partial charge in [-0.15, -0.1) is 0 Å². The SMILES string of the molecule is CCNC(C)(CC(C)OCCOCCOC)C(N)=O. The van der Waals surface area contributed by atoms with E-state index < -0.39 is 5.54 Å². The molecule has 1 amide bonds. The highest BCUT2D eigenvalue weighted by Gasteiger charge is 2.31. The van der Waals surface area contributed by atoms with Crippen LogP contribution in [0.25, 0.3) is 0 Å². The molecule has 0 aliphatic heterocycles. The predicted molar refractivity (Wildman–Crippen MR) is 74.0 cm³/mol. The highest BCUT2D eigenvalue weighted by atomic mass is 16.5. The zero-order valence-electron chi connectivity index (χ0n) is 12.5. The molecule has 0 saturated carbocycles. The molecule has 0 aromatic carbocycles. The molecular weight excluding hydrogens is 248 g/mol. The summed E-state index contributed by atoms with van der Waals surface area (Å²) in [5.74, 6) is -0.360. The first-order valence-electron chi connectivity index (χ1n) is 6.69. The Hall–Kier alpha value is -0.690. The lowest BCUT2D eigenvalue weighted by Gasteiger charge is -2.29. The Bertz CT molecular complexity index is 251. The van der Waals surface area contributed by atoms with Gasteiger partial charge < -0.3 is 25.3 Å². The third-order valence-electron chi connectivity index (χ3n) is 2.87. The first-order valence-corrected chi connectivity index (χ1v) is 6.69. The van der Waals surface area contributed by atoms with Gasteiger partial charge in [0, 0.05) is 13.5 Å². The van der Waals surface area contributed by atoms with Gasteiger partial charge in [0.15, 0.2) is 0 Å². The highest BCUT2D eigenvalue weighted by Crippen LogP contribution is 2.14. The van der Waals surface area contributed by atoms with Gasteiger partial charge in [0.1, 0.15) is 0 Å². The molecule has 19 heavy (non-hydrogen) atoms. The van der Waals surface area contributed by atoms with E-state index in [9.17, 15) is 4.79 Å². The number of amides is 1. The summed E-state index contributed by atoms with van der Waals surface area (Å²) in [4.78, 5) is 11.5. The number of ether oxygens (including phenoxy) is 3. The van der Waals surface area contributed by atoms with Crippen LogP contribution in [0.2, 0.25) is 0 Å². The Morgan fingerprint density at radius 2 is 1.95 bits per heavy atom. The summed E-state index contributed by atoms with van der Waals surface area (Å²) >= 11 is 0. The summed E-state index contributed by atoms with van der Waals surface area (Å²) in [6.45, 7) is 8.50. The van der Waals surface area contributed by atoms with Crippen molar-refractivity contribution in [1.82, 2.24) is 5.32 Å². The van der Waals surface area contributed by atoms with Crippen molar-refractivity contribution in [3.05, 3.63) is 0 Å². The second-order valence-corrected chi connectivity index (χ2v) is 4.72. The summed E-state index contributed by atoms with van der Waals surface area (Å²) in [5, 5.41) is 3.11. The normalized spacial score (nSPS) is 16.0. The van der Waals surface area contributed by atoms with E-state index in [1.54, 1.807) is 14.0 Å². The van der Waals surface area contributed by atoms with Gasteiger partial charge in [0.05, 0.1) is 38.1 Å². The van der Waals surface area contributed by atoms with Crippen LogP contribution in [-0.4, -0.2) is 57.6 Å². The molecule has 0 radical (unpaired) electrons. The molecule has 0 bridgehead atoms. The molecule has 0 aliphatic rings. The molecule has 0 saturated heterocycles. The number of likely N-dealkylation sites (N-methyl/N-ethyl adjacent to an activating group) is 1. The molecule has 0 spiro atoms. The molecule has 114 valence electrons. The van der Waals surface area contributed by atoms with Crippen molar-refractivity contribution in [3.63, 3.8) is 0 Å². The lowest BCUT2D eigenvalue weighted by Crippen LogP contribution is -2.54. The van der Waals surface area contributed by atoms with Crippen LogP contribution in [0.1, 0.15) is 27.2 Å². The third-order valence-corrected chi connectivity index (χ3v) is 2.87. The van der Waals surface area contributed by atoms with Crippen LogP contribution in [0.15, 0.2) is 0 Å². The fourth-order valence-corrected chi connectivity index (χ4v) is 1.84. The minimum Gasteiger partial charge on any atom is -0.382 e. The molecule has 2 atom stereocenters. The van der Waals surface area contributed by atoms with Gasteiger partial charge in [-0.25, -0.2) is 0 Å². The summed E-state index contributed by atoms with van der Waals surface area (Å²) in [6.07, 6.45) is 0.469. The minimum absolute atomic E-state index is 0.0671. The number of rotatable bonds is 12. The van der Waals surface area contributed by atoms with E-state index in [1.807, 2.05) is 13.8 Å². The second-order valence-electron chi connectivity index (χ2n) is 4.72. The van der Waals surface area contributed by atoms with Crippen molar-refractivity contribution in [1.29, 1.82) is 0 Å². The lowest BCUT2D eigenvalue weighted by atomic mass is 9.94. The molecule has 0 rings (SSSR count). The summed E-state index contributed by atoms with van der Waals surface area (Å²) in [7, 11) is 1.63. The van der Waals surface area contributed by atoms with Crippen LogP contribution in [0, 0.1) is 0 Å². The number of carbonyl (C=O) groups excluding carboxylic acids is 1. The van der Waals surface area contributed by atoms with E-state index in [2.05, 4.69) is 5.32 Å². The summed E-state index contributed by atoms with van der Waals surface area (Å²) < 4.78 is 15.8. The summed E-state index contributed by atoms with van der Waals surface area (Å²) in [6, 6.07) is 0. The van der Waals surface area contributed by atoms with Crippen LogP contribution in [-0.2, 0) is 19.0 Å². The van der Waals surface area contributed by atoms with Crippen LogP contribution < -0.4 is 11.1 Å². The van der Waals surface area contributed by atoms with E-state index in [1.165, 1.54) is 0 Å². The highest BCUT2D eigenvalue weighted by molar-refractivity contribution is 5.84. The van der Waals surface area contributed by atoms with Crippen molar-refractivity contribution in [2.45, 2.75) is 38.8 Å². The molecule has 0 heterocycles. The predicted octanol–water partition coefficient (Wildman–Crippen LogP) is 0.298. The van der Waals surface area contributed by atoms with Crippen molar-refractivity contribution < 1.29 is 19.0 Å². The monoisotopic (exact) mass is 276 g/mol. The Morgan fingerprint density at radius 1 is 1.32 bits per heavy atom. The Labute approximate surface area is 116 Å². The minimum atomic E-state index is -0.731. The fraction of sp³-hybridized carbons (Fsp3) is 0.923. The number of hydrogen-bond donors (Lipinski definition) is 2. The van der Waals surface area contributed by atoms with Gasteiger partial charge in [-0.3, -0.25) is 4.79 Å². The lowest BCUT2D eigenvalue weighted by molar-refractivity contribution is -0.125. The topological polar surface area (TPSA) is 82.8 Å². The van der Waals surface area contributed by atoms with Crippen LogP contribution >= 0.6 is 0 Å². The number of hydrogen-bond acceptors (Lipinski definition) is 5. The van der Waals surface area contributed by atoms with E-state index >= 15 is 0 Å². The van der Waals surface area contributed by atoms with Gasteiger partial charge in [-0.05, 0) is 20.4 Å². The zero-order chi connectivity index (χ0) is 14.7. The fourth-order valence-electron chi connectivity index (χ4n) is 1.84. The van der Waals surface area contributed by atoms with Crippen molar-refractivity contribution in [2.75, 3.05) is 40.1 Å². The molecule has 6 nitrogen and oxygen atoms in total. The van der Waals surface area contributed by atoms with Crippen LogP contribution in [0.3, 0.4) is 0 Å². The van der Waals surface area contributed by atoms with Crippen LogP contribution in [0.4, 0.5) is 0 Å². The largest absolute Gasteiger partial charge is 0.382 e. The molecular formula is C13H28N2O4. The number of nitrogens with two attached hydrogens (primary N) is 1. The van der Waals surface area contributed by atoms with Crippen molar-refractivity contribution >= 4 is 5.91 Å². The standard InChI is InChI=1S/C13H28N2O4/c1-5-15-13(3,12(14)16)10-11(2)19-9-8-18-7-6-17-4/h11,15H,5-10H2,1-4H3,(H2,14,16). The quantitative estimate of drug-likeness (QED) is 0.501. The molecule has 0 fully saturated rings. The molecule has 6 heteroatoms. The maximum atomic E-state index is 11.5. The van der Waals surface area contributed by atoms with Gasteiger partial charge in [-0.2, -0.15) is 0 Å².